The van der Waals surface area contributed by atoms with E-state index in [1.165, 1.54) is 17.5 Å². The number of hydrogen-bond acceptors (Lipinski definition) is 4. The third kappa shape index (κ3) is 3.69. The molecule has 1 spiro atoms. The van der Waals surface area contributed by atoms with Gasteiger partial charge in [-0.2, -0.15) is 4.98 Å². The normalized spacial score (nSPS) is 19.7. The number of aromatic nitrogens is 2. The Labute approximate surface area is 209 Å². The molecule has 3 heterocycles. The number of aliphatic carboxylic acids is 1. The SMILES string of the molecule is O=C(O)CCN1CCC(c2ccc3c(c2)-n2c(nc(=O)c4c(Cl)cccc42)C32CCCCC2)CC1. The molecular weight excluding hydrogens is 462 g/mol. The Balaban J connectivity index is 1.43. The summed E-state index contributed by atoms with van der Waals surface area (Å²) in [6.45, 7) is 2.46. The van der Waals surface area contributed by atoms with Crippen molar-refractivity contribution >= 4 is 28.5 Å². The van der Waals surface area contributed by atoms with Gasteiger partial charge in [0.05, 0.1) is 33.4 Å². The van der Waals surface area contributed by atoms with E-state index in [9.17, 15) is 9.59 Å². The minimum Gasteiger partial charge on any atom is -0.481 e. The standard InChI is InChI=1S/C28H30ClN3O3/c29-21-5-4-6-22-25(21)26(35)30-27-28(12-2-1-3-13-28)20-8-7-19(17-23(20)32(22)27)18-9-14-31(15-10-18)16-11-24(33)34/h4-8,17-18H,1-3,9-16H2,(H,33,34). The van der Waals surface area contributed by atoms with Crippen LogP contribution in [0.2, 0.25) is 5.02 Å². The predicted molar refractivity (Wildman–Crippen MR) is 137 cm³/mol. The zero-order valence-corrected chi connectivity index (χ0v) is 20.6. The first-order valence-corrected chi connectivity index (χ1v) is 13.2. The fourth-order valence-corrected chi connectivity index (χ4v) is 6.95. The molecular formula is C28H30ClN3O3. The van der Waals surface area contributed by atoms with Gasteiger partial charge in [-0.25, -0.2) is 0 Å². The molecule has 0 atom stereocenters. The van der Waals surface area contributed by atoms with Crippen molar-refractivity contribution in [2.75, 3.05) is 19.6 Å². The number of hydrogen-bond donors (Lipinski definition) is 1. The first kappa shape index (κ1) is 22.7. The minimum atomic E-state index is -0.736. The Hall–Kier alpha value is -2.70. The predicted octanol–water partition coefficient (Wildman–Crippen LogP) is 5.26. The van der Waals surface area contributed by atoms with Crippen LogP contribution in [0.3, 0.4) is 0 Å². The van der Waals surface area contributed by atoms with Crippen LogP contribution >= 0.6 is 11.6 Å². The quantitative estimate of drug-likeness (QED) is 0.539. The Bertz CT molecular complexity index is 1370. The average molecular weight is 492 g/mol. The topological polar surface area (TPSA) is 75.4 Å². The molecule has 182 valence electrons. The lowest BCUT2D eigenvalue weighted by molar-refractivity contribution is -0.137. The molecule has 6 rings (SSSR count). The number of rotatable bonds is 4. The van der Waals surface area contributed by atoms with Gasteiger partial charge in [0.2, 0.25) is 0 Å². The van der Waals surface area contributed by atoms with E-state index in [-0.39, 0.29) is 17.4 Å². The van der Waals surface area contributed by atoms with Crippen molar-refractivity contribution in [3.05, 3.63) is 68.7 Å². The summed E-state index contributed by atoms with van der Waals surface area (Å²) in [5.41, 5.74) is 4.16. The van der Waals surface area contributed by atoms with Crippen LogP contribution < -0.4 is 5.56 Å². The van der Waals surface area contributed by atoms with Gasteiger partial charge >= 0.3 is 5.97 Å². The average Bonchev–Trinajstić information content (AvgIpc) is 3.12. The lowest BCUT2D eigenvalue weighted by Crippen LogP contribution is -2.34. The summed E-state index contributed by atoms with van der Waals surface area (Å²) in [5, 5.41) is 9.94. The van der Waals surface area contributed by atoms with E-state index in [0.717, 1.165) is 68.6 Å². The van der Waals surface area contributed by atoms with E-state index in [4.69, 9.17) is 16.7 Å². The molecule has 0 radical (unpaired) electrons. The third-order valence-corrected chi connectivity index (χ3v) is 8.79. The molecule has 35 heavy (non-hydrogen) atoms. The van der Waals surface area contributed by atoms with Crippen molar-refractivity contribution in [3.8, 4) is 5.69 Å². The first-order chi connectivity index (χ1) is 17.0. The number of nitrogens with zero attached hydrogens (tertiary/aromatic N) is 3. The number of carboxylic acids is 1. The molecule has 0 unspecified atom stereocenters. The van der Waals surface area contributed by atoms with E-state index >= 15 is 0 Å². The zero-order valence-electron chi connectivity index (χ0n) is 19.8. The van der Waals surface area contributed by atoms with Crippen LogP contribution in [-0.2, 0) is 10.2 Å². The summed E-state index contributed by atoms with van der Waals surface area (Å²) >= 11 is 6.49. The van der Waals surface area contributed by atoms with Crippen molar-refractivity contribution in [2.24, 2.45) is 0 Å². The molecule has 3 aliphatic rings. The van der Waals surface area contributed by atoms with Crippen molar-refractivity contribution in [1.82, 2.24) is 14.5 Å². The second-order valence-corrected chi connectivity index (χ2v) is 10.8. The first-order valence-electron chi connectivity index (χ1n) is 12.8. The molecule has 7 heteroatoms. The second-order valence-electron chi connectivity index (χ2n) is 10.4. The van der Waals surface area contributed by atoms with Gasteiger partial charge in [-0.1, -0.05) is 49.1 Å². The number of carboxylic acid groups (broad SMARTS) is 1. The maximum atomic E-state index is 13.1. The Morgan fingerprint density at radius 1 is 1.11 bits per heavy atom. The second kappa shape index (κ2) is 8.75. The zero-order chi connectivity index (χ0) is 24.2. The Kier molecular flexibility index (Phi) is 5.69. The van der Waals surface area contributed by atoms with Crippen molar-refractivity contribution in [2.45, 2.75) is 62.7 Å². The van der Waals surface area contributed by atoms with E-state index in [2.05, 4.69) is 32.7 Å². The molecule has 2 fully saturated rings. The van der Waals surface area contributed by atoms with Gasteiger partial charge in [-0.05, 0) is 74.0 Å². The molecule has 1 aromatic heterocycles. The van der Waals surface area contributed by atoms with Crippen LogP contribution in [0, 0.1) is 0 Å². The number of benzene rings is 2. The molecule has 0 amide bonds. The number of carbonyl (C=O) groups is 1. The molecule has 2 aliphatic heterocycles. The van der Waals surface area contributed by atoms with Crippen LogP contribution in [0.1, 0.15) is 74.2 Å². The highest BCUT2D eigenvalue weighted by Gasteiger charge is 2.46. The van der Waals surface area contributed by atoms with Gasteiger partial charge in [0.25, 0.3) is 5.56 Å². The molecule has 0 bridgehead atoms. The number of likely N-dealkylation sites (tertiary alicyclic amines) is 1. The van der Waals surface area contributed by atoms with Crippen LogP contribution in [0.4, 0.5) is 0 Å². The van der Waals surface area contributed by atoms with Gasteiger partial charge < -0.3 is 10.0 Å². The molecule has 6 nitrogen and oxygen atoms in total. The van der Waals surface area contributed by atoms with Gasteiger partial charge in [0.15, 0.2) is 0 Å². The van der Waals surface area contributed by atoms with Crippen LogP contribution in [0.5, 0.6) is 0 Å². The molecule has 3 aromatic rings. The van der Waals surface area contributed by atoms with E-state index in [1.807, 2.05) is 12.1 Å². The summed E-state index contributed by atoms with van der Waals surface area (Å²) in [5.74, 6) is 0.586. The van der Waals surface area contributed by atoms with Crippen molar-refractivity contribution in [1.29, 1.82) is 0 Å². The molecule has 1 N–H and O–H groups in total. The van der Waals surface area contributed by atoms with Crippen LogP contribution in [-0.4, -0.2) is 45.2 Å². The van der Waals surface area contributed by atoms with Crippen molar-refractivity contribution in [3.63, 3.8) is 0 Å². The van der Waals surface area contributed by atoms with E-state index in [0.29, 0.717) is 22.9 Å². The van der Waals surface area contributed by atoms with Gasteiger partial charge in [-0.15, -0.1) is 0 Å². The maximum absolute atomic E-state index is 13.1. The number of halogens is 1. The molecule has 1 saturated heterocycles. The molecule has 2 aromatic carbocycles. The summed E-state index contributed by atoms with van der Waals surface area (Å²) in [6, 6.07) is 12.6. The monoisotopic (exact) mass is 491 g/mol. The van der Waals surface area contributed by atoms with Gasteiger partial charge in [0.1, 0.15) is 5.82 Å². The van der Waals surface area contributed by atoms with Crippen LogP contribution in [0.25, 0.3) is 16.6 Å². The smallest absolute Gasteiger partial charge is 0.304 e. The fraction of sp³-hybridized carbons (Fsp3) is 0.464. The largest absolute Gasteiger partial charge is 0.481 e. The summed E-state index contributed by atoms with van der Waals surface area (Å²) < 4.78 is 2.22. The minimum absolute atomic E-state index is 0.198. The highest BCUT2D eigenvalue weighted by molar-refractivity contribution is 6.35. The maximum Gasteiger partial charge on any atom is 0.304 e. The number of fused-ring (bicyclic) bond motifs is 7. The van der Waals surface area contributed by atoms with Crippen molar-refractivity contribution < 1.29 is 9.90 Å². The van der Waals surface area contributed by atoms with Gasteiger partial charge in [0, 0.05) is 6.54 Å². The highest BCUT2D eigenvalue weighted by Crippen LogP contribution is 2.52. The van der Waals surface area contributed by atoms with E-state index < -0.39 is 5.97 Å². The summed E-state index contributed by atoms with van der Waals surface area (Å²) in [7, 11) is 0. The Morgan fingerprint density at radius 2 is 1.89 bits per heavy atom. The fourth-order valence-electron chi connectivity index (χ4n) is 6.70. The lowest BCUT2D eigenvalue weighted by Gasteiger charge is -2.34. The number of piperidine rings is 1. The Morgan fingerprint density at radius 3 is 2.63 bits per heavy atom. The van der Waals surface area contributed by atoms with E-state index in [1.54, 1.807) is 6.07 Å². The lowest BCUT2D eigenvalue weighted by atomic mass is 9.69. The van der Waals surface area contributed by atoms with Gasteiger partial charge in [-0.3, -0.25) is 14.2 Å². The summed E-state index contributed by atoms with van der Waals surface area (Å²) in [4.78, 5) is 31.0. The summed E-state index contributed by atoms with van der Waals surface area (Å²) in [6.07, 6.45) is 7.76. The highest BCUT2D eigenvalue weighted by atomic mass is 35.5. The molecule has 1 aliphatic carbocycles. The molecule has 1 saturated carbocycles. The van der Waals surface area contributed by atoms with Crippen LogP contribution in [0.15, 0.2) is 41.2 Å². The third-order valence-electron chi connectivity index (χ3n) is 8.48.